The molecule has 17 heavy (non-hydrogen) atoms. The molecule has 0 aliphatic heterocycles. The van der Waals surface area contributed by atoms with Crippen LogP contribution in [0, 0.1) is 0 Å². The number of carboxylic acids is 1. The van der Waals surface area contributed by atoms with Crippen LogP contribution in [-0.2, 0) is 6.54 Å². The number of hydrogen-bond acceptors (Lipinski definition) is 3. The molecule has 4 heteroatoms. The number of benzene rings is 1. The van der Waals surface area contributed by atoms with Crippen LogP contribution >= 0.6 is 0 Å². The van der Waals surface area contributed by atoms with Gasteiger partial charge in [0.2, 0.25) is 0 Å². The topological polar surface area (TPSA) is 62.5 Å². The lowest BCUT2D eigenvalue weighted by Crippen LogP contribution is -2.03. The molecule has 0 spiro atoms. The number of aromatic carboxylic acids is 1. The molecule has 0 aliphatic rings. The van der Waals surface area contributed by atoms with Crippen LogP contribution in [0.4, 0.5) is 0 Å². The Morgan fingerprint density at radius 2 is 2.18 bits per heavy atom. The maximum Gasteiger partial charge on any atom is 0.335 e. The first kappa shape index (κ1) is 11.4. The summed E-state index contributed by atoms with van der Waals surface area (Å²) in [6, 6.07) is 10.4. The lowest BCUT2D eigenvalue weighted by Gasteiger charge is -1.99. The minimum absolute atomic E-state index is 0.258. The predicted molar refractivity (Wildman–Crippen MR) is 63.9 cm³/mol. The Labute approximate surface area is 98.9 Å². The number of carbonyl (C=O) groups is 1. The zero-order valence-electron chi connectivity index (χ0n) is 9.43. The molecule has 4 nitrogen and oxygen atoms in total. The van der Waals surface area contributed by atoms with E-state index in [-0.39, 0.29) is 5.56 Å². The maximum absolute atomic E-state index is 10.9. The first-order valence-electron chi connectivity index (χ1n) is 5.28. The van der Waals surface area contributed by atoms with Gasteiger partial charge in [-0.1, -0.05) is 12.1 Å². The lowest BCUT2D eigenvalue weighted by molar-refractivity contribution is 0.0697. The fraction of sp³-hybridized carbons (Fsp3) is 0.154. The van der Waals surface area contributed by atoms with Gasteiger partial charge >= 0.3 is 5.97 Å². The monoisotopic (exact) mass is 231 g/mol. The maximum atomic E-state index is 10.9. The van der Waals surface area contributed by atoms with E-state index in [0.29, 0.717) is 12.3 Å². The van der Waals surface area contributed by atoms with Crippen molar-refractivity contribution >= 4 is 5.97 Å². The van der Waals surface area contributed by atoms with Crippen molar-refractivity contribution in [2.45, 2.75) is 6.54 Å². The Bertz CT molecular complexity index is 531. The molecule has 0 saturated heterocycles. The van der Waals surface area contributed by atoms with Crippen LogP contribution in [0.3, 0.4) is 0 Å². The number of rotatable bonds is 4. The van der Waals surface area contributed by atoms with Gasteiger partial charge in [-0.15, -0.1) is 0 Å². The van der Waals surface area contributed by atoms with E-state index < -0.39 is 5.97 Å². The summed E-state index contributed by atoms with van der Waals surface area (Å²) in [5.41, 5.74) is 1.03. The van der Waals surface area contributed by atoms with Crippen molar-refractivity contribution < 1.29 is 14.3 Å². The first-order valence-corrected chi connectivity index (χ1v) is 5.28. The molecule has 2 N–H and O–H groups in total. The Morgan fingerprint density at radius 3 is 2.88 bits per heavy atom. The average molecular weight is 231 g/mol. The van der Waals surface area contributed by atoms with Crippen molar-refractivity contribution in [3.8, 4) is 11.3 Å². The summed E-state index contributed by atoms with van der Waals surface area (Å²) in [5.74, 6) is 0.565. The minimum Gasteiger partial charge on any atom is -0.478 e. The zero-order chi connectivity index (χ0) is 12.3. The van der Waals surface area contributed by atoms with Crippen LogP contribution in [0.2, 0.25) is 0 Å². The van der Waals surface area contributed by atoms with Gasteiger partial charge in [0, 0.05) is 5.56 Å². The molecule has 0 amide bonds. The third-order valence-electron chi connectivity index (χ3n) is 2.41. The van der Waals surface area contributed by atoms with E-state index in [1.54, 1.807) is 18.2 Å². The number of carboxylic acid groups (broad SMARTS) is 1. The Morgan fingerprint density at radius 1 is 1.35 bits per heavy atom. The molecule has 0 atom stereocenters. The van der Waals surface area contributed by atoms with Crippen LogP contribution in [-0.4, -0.2) is 18.1 Å². The van der Waals surface area contributed by atoms with E-state index in [0.717, 1.165) is 11.3 Å². The van der Waals surface area contributed by atoms with Crippen molar-refractivity contribution in [3.63, 3.8) is 0 Å². The SMILES string of the molecule is CNCc1ccc(-c2cccc(C(=O)O)c2)o1. The summed E-state index contributed by atoms with van der Waals surface area (Å²) < 4.78 is 5.59. The normalized spacial score (nSPS) is 10.4. The Kier molecular flexibility index (Phi) is 3.25. The molecular formula is C13H13NO3. The van der Waals surface area contributed by atoms with Gasteiger partial charge in [0.15, 0.2) is 0 Å². The molecule has 1 heterocycles. The highest BCUT2D eigenvalue weighted by atomic mass is 16.4. The van der Waals surface area contributed by atoms with Gasteiger partial charge in [0.1, 0.15) is 11.5 Å². The van der Waals surface area contributed by atoms with Crippen LogP contribution in [0.1, 0.15) is 16.1 Å². The Balaban J connectivity index is 2.32. The van der Waals surface area contributed by atoms with Crippen molar-refractivity contribution in [2.24, 2.45) is 0 Å². The zero-order valence-corrected chi connectivity index (χ0v) is 9.43. The molecule has 2 rings (SSSR count). The third-order valence-corrected chi connectivity index (χ3v) is 2.41. The second kappa shape index (κ2) is 4.84. The van der Waals surface area contributed by atoms with Gasteiger partial charge in [-0.3, -0.25) is 0 Å². The van der Waals surface area contributed by atoms with Gasteiger partial charge < -0.3 is 14.8 Å². The number of nitrogens with one attached hydrogen (secondary N) is 1. The molecule has 0 radical (unpaired) electrons. The van der Waals surface area contributed by atoms with Gasteiger partial charge in [0.25, 0.3) is 0 Å². The Hall–Kier alpha value is -2.07. The van der Waals surface area contributed by atoms with E-state index in [9.17, 15) is 4.79 Å². The van der Waals surface area contributed by atoms with Gasteiger partial charge in [-0.05, 0) is 31.3 Å². The van der Waals surface area contributed by atoms with Crippen molar-refractivity contribution in [2.75, 3.05) is 7.05 Å². The summed E-state index contributed by atoms with van der Waals surface area (Å²) in [7, 11) is 1.84. The highest BCUT2D eigenvalue weighted by molar-refractivity contribution is 5.89. The minimum atomic E-state index is -0.936. The van der Waals surface area contributed by atoms with Crippen LogP contribution < -0.4 is 5.32 Å². The molecule has 0 unspecified atom stereocenters. The fourth-order valence-corrected chi connectivity index (χ4v) is 1.61. The molecule has 0 fully saturated rings. The lowest BCUT2D eigenvalue weighted by atomic mass is 10.1. The largest absolute Gasteiger partial charge is 0.478 e. The molecule has 88 valence electrons. The van der Waals surface area contributed by atoms with E-state index in [2.05, 4.69) is 5.32 Å². The van der Waals surface area contributed by atoms with Crippen LogP contribution in [0.25, 0.3) is 11.3 Å². The van der Waals surface area contributed by atoms with Crippen molar-refractivity contribution in [1.29, 1.82) is 0 Å². The molecule has 0 saturated carbocycles. The van der Waals surface area contributed by atoms with Crippen molar-refractivity contribution in [1.82, 2.24) is 5.32 Å². The summed E-state index contributed by atoms with van der Waals surface area (Å²) in [5, 5.41) is 11.9. The average Bonchev–Trinajstić information content (AvgIpc) is 2.78. The van der Waals surface area contributed by atoms with E-state index in [1.165, 1.54) is 0 Å². The highest BCUT2D eigenvalue weighted by Gasteiger charge is 2.07. The van der Waals surface area contributed by atoms with Gasteiger partial charge in [0.05, 0.1) is 12.1 Å². The summed E-state index contributed by atoms with van der Waals surface area (Å²) in [6.45, 7) is 0.651. The van der Waals surface area contributed by atoms with Crippen LogP contribution in [0.5, 0.6) is 0 Å². The fourth-order valence-electron chi connectivity index (χ4n) is 1.61. The third kappa shape index (κ3) is 2.54. The quantitative estimate of drug-likeness (QED) is 0.847. The van der Waals surface area contributed by atoms with E-state index in [4.69, 9.17) is 9.52 Å². The smallest absolute Gasteiger partial charge is 0.335 e. The summed E-state index contributed by atoms with van der Waals surface area (Å²) in [6.07, 6.45) is 0. The molecule has 0 bridgehead atoms. The molecular weight excluding hydrogens is 218 g/mol. The van der Waals surface area contributed by atoms with E-state index in [1.807, 2.05) is 25.2 Å². The van der Waals surface area contributed by atoms with Gasteiger partial charge in [-0.25, -0.2) is 4.79 Å². The summed E-state index contributed by atoms with van der Waals surface area (Å²) >= 11 is 0. The van der Waals surface area contributed by atoms with Crippen LogP contribution in [0.15, 0.2) is 40.8 Å². The first-order chi connectivity index (χ1) is 8.20. The molecule has 0 aliphatic carbocycles. The molecule has 1 aromatic carbocycles. The molecule has 2 aromatic rings. The predicted octanol–water partition coefficient (Wildman–Crippen LogP) is 2.36. The highest BCUT2D eigenvalue weighted by Crippen LogP contribution is 2.23. The standard InChI is InChI=1S/C13H13NO3/c1-14-8-11-5-6-12(17-11)9-3-2-4-10(7-9)13(15)16/h2-7,14H,8H2,1H3,(H,15,16). The van der Waals surface area contributed by atoms with Crippen molar-refractivity contribution in [3.05, 3.63) is 47.7 Å². The second-order valence-electron chi connectivity index (χ2n) is 3.68. The van der Waals surface area contributed by atoms with E-state index >= 15 is 0 Å². The van der Waals surface area contributed by atoms with Gasteiger partial charge in [-0.2, -0.15) is 0 Å². The molecule has 1 aromatic heterocycles. The number of hydrogen-bond donors (Lipinski definition) is 2. The number of furan rings is 1. The second-order valence-corrected chi connectivity index (χ2v) is 3.68. The summed E-state index contributed by atoms with van der Waals surface area (Å²) in [4.78, 5) is 10.9.